The van der Waals surface area contributed by atoms with Crippen LogP contribution in [0.15, 0.2) is 47.3 Å². The molecular weight excluding hydrogens is 437 g/mol. The Morgan fingerprint density at radius 1 is 1.26 bits per heavy atom. The molecule has 4 rings (SSSR count). The van der Waals surface area contributed by atoms with E-state index in [1.807, 2.05) is 38.1 Å². The van der Waals surface area contributed by atoms with Crippen molar-refractivity contribution in [3.8, 4) is 11.5 Å². The number of nitrogens with two attached hydrogens (primary N) is 1. The van der Waals surface area contributed by atoms with Crippen molar-refractivity contribution in [2.45, 2.75) is 32.7 Å². The van der Waals surface area contributed by atoms with Gasteiger partial charge in [-0.05, 0) is 49.9 Å². The second kappa shape index (κ2) is 10.6. The molecule has 0 radical (unpaired) electrons. The van der Waals surface area contributed by atoms with Crippen molar-refractivity contribution in [2.24, 2.45) is 5.73 Å². The number of halogens is 2. The summed E-state index contributed by atoms with van der Waals surface area (Å²) < 4.78 is 5.59. The first-order chi connectivity index (χ1) is 14.0. The molecule has 1 fully saturated rings. The van der Waals surface area contributed by atoms with Gasteiger partial charge in [-0.2, -0.15) is 0 Å². The third-order valence-corrected chi connectivity index (χ3v) is 5.42. The quantitative estimate of drug-likeness (QED) is 0.595. The summed E-state index contributed by atoms with van der Waals surface area (Å²) in [4.78, 5) is 23.6. The number of piperidine rings is 1. The molecule has 1 atom stereocenters. The molecule has 2 aromatic heterocycles. The summed E-state index contributed by atoms with van der Waals surface area (Å²) in [6, 6.07) is 7.96. The lowest BCUT2D eigenvalue weighted by Crippen LogP contribution is -2.43. The van der Waals surface area contributed by atoms with Crippen LogP contribution in [0.3, 0.4) is 0 Å². The lowest BCUT2D eigenvalue weighted by Gasteiger charge is -2.33. The molecule has 1 aromatic carbocycles. The zero-order chi connectivity index (χ0) is 20.4. The summed E-state index contributed by atoms with van der Waals surface area (Å²) in [6.07, 6.45) is 6.81. The summed E-state index contributed by atoms with van der Waals surface area (Å²) in [7, 11) is 0. The fourth-order valence-corrected chi connectivity index (χ4v) is 3.66. The topological polar surface area (TPSA) is 97.3 Å². The smallest absolute Gasteiger partial charge is 0.277 e. The van der Waals surface area contributed by atoms with Gasteiger partial charge in [0.15, 0.2) is 5.69 Å². The molecule has 1 aliphatic rings. The highest BCUT2D eigenvalue weighted by atomic mass is 35.5. The van der Waals surface area contributed by atoms with Crippen LogP contribution in [0, 0.1) is 13.8 Å². The Labute approximate surface area is 194 Å². The number of nitrogens with one attached hydrogen (secondary N) is 1. The minimum atomic E-state index is -0.333. The van der Waals surface area contributed by atoms with E-state index in [2.05, 4.69) is 20.2 Å². The molecule has 1 saturated heterocycles. The van der Waals surface area contributed by atoms with Gasteiger partial charge in [0.1, 0.15) is 6.26 Å². The van der Waals surface area contributed by atoms with Crippen molar-refractivity contribution in [3.05, 3.63) is 59.7 Å². The summed E-state index contributed by atoms with van der Waals surface area (Å²) in [5.74, 6) is 0.102. The van der Waals surface area contributed by atoms with Gasteiger partial charge in [-0.3, -0.25) is 9.78 Å². The van der Waals surface area contributed by atoms with Gasteiger partial charge in [-0.25, -0.2) is 4.98 Å². The minimum Gasteiger partial charge on any atom is -0.444 e. The van der Waals surface area contributed by atoms with Crippen LogP contribution in [-0.4, -0.2) is 35.0 Å². The first-order valence-electron chi connectivity index (χ1n) is 9.81. The number of anilines is 2. The van der Waals surface area contributed by atoms with Crippen LogP contribution in [0.2, 0.25) is 0 Å². The average molecular weight is 464 g/mol. The second-order valence-electron chi connectivity index (χ2n) is 7.48. The van der Waals surface area contributed by atoms with E-state index >= 15 is 0 Å². The van der Waals surface area contributed by atoms with E-state index in [0.717, 1.165) is 48.3 Å². The van der Waals surface area contributed by atoms with E-state index in [9.17, 15) is 4.79 Å². The van der Waals surface area contributed by atoms with E-state index < -0.39 is 0 Å². The van der Waals surface area contributed by atoms with Crippen LogP contribution < -0.4 is 16.0 Å². The highest BCUT2D eigenvalue weighted by molar-refractivity contribution is 6.04. The number of rotatable bonds is 4. The lowest BCUT2D eigenvalue weighted by molar-refractivity contribution is 0.102. The number of pyridine rings is 1. The number of hydrogen-bond acceptors (Lipinski definition) is 6. The maximum atomic E-state index is 12.8. The van der Waals surface area contributed by atoms with Gasteiger partial charge in [-0.1, -0.05) is 12.1 Å². The van der Waals surface area contributed by atoms with Gasteiger partial charge in [0.05, 0.1) is 17.6 Å². The Kier molecular flexibility index (Phi) is 8.44. The zero-order valence-electron chi connectivity index (χ0n) is 17.5. The van der Waals surface area contributed by atoms with Gasteiger partial charge >= 0.3 is 0 Å². The number of carbonyl (C=O) groups excluding carboxylic acids is 1. The Hall–Kier alpha value is -2.61. The maximum Gasteiger partial charge on any atom is 0.277 e. The van der Waals surface area contributed by atoms with Gasteiger partial charge in [-0.15, -0.1) is 24.8 Å². The second-order valence-corrected chi connectivity index (χ2v) is 7.48. The fourth-order valence-electron chi connectivity index (χ4n) is 3.66. The van der Waals surface area contributed by atoms with Crippen LogP contribution >= 0.6 is 24.8 Å². The molecule has 0 spiro atoms. The molecule has 7 nitrogen and oxygen atoms in total. The molecule has 0 unspecified atom stereocenters. The van der Waals surface area contributed by atoms with E-state index in [-0.39, 0.29) is 42.5 Å². The Bertz CT molecular complexity index is 1040. The average Bonchev–Trinajstić information content (AvgIpc) is 3.21. The number of benzene rings is 1. The van der Waals surface area contributed by atoms with Crippen molar-refractivity contribution in [2.75, 3.05) is 23.3 Å². The van der Waals surface area contributed by atoms with E-state index in [1.54, 1.807) is 12.4 Å². The van der Waals surface area contributed by atoms with Crippen molar-refractivity contribution in [3.63, 3.8) is 0 Å². The van der Waals surface area contributed by atoms with Crippen molar-refractivity contribution in [1.82, 2.24) is 9.97 Å². The Balaban J connectivity index is 0.00000171. The molecule has 0 saturated carbocycles. The highest BCUT2D eigenvalue weighted by Gasteiger charge is 2.21. The lowest BCUT2D eigenvalue weighted by atomic mass is 10.0. The molecule has 9 heteroatoms. The number of aryl methyl sites for hydroxylation is 1. The number of nitrogens with zero attached hydrogens (tertiary/aromatic N) is 3. The molecule has 166 valence electrons. The van der Waals surface area contributed by atoms with Crippen LogP contribution in [0.25, 0.3) is 11.5 Å². The molecular formula is C22H27Cl2N5O2. The number of carbonyl (C=O) groups is 1. The van der Waals surface area contributed by atoms with Crippen molar-refractivity contribution < 1.29 is 9.21 Å². The van der Waals surface area contributed by atoms with Gasteiger partial charge in [0.25, 0.3) is 5.91 Å². The van der Waals surface area contributed by atoms with Crippen LogP contribution in [0.1, 0.15) is 34.5 Å². The first kappa shape index (κ1) is 24.7. The molecule has 3 heterocycles. The van der Waals surface area contributed by atoms with E-state index in [4.69, 9.17) is 10.2 Å². The molecule has 0 bridgehead atoms. The van der Waals surface area contributed by atoms with Gasteiger partial charge in [0, 0.05) is 30.9 Å². The summed E-state index contributed by atoms with van der Waals surface area (Å²) in [6.45, 7) is 5.71. The Morgan fingerprint density at radius 3 is 2.84 bits per heavy atom. The number of amides is 1. The summed E-state index contributed by atoms with van der Waals surface area (Å²) in [5, 5.41) is 2.92. The normalized spacial score (nSPS) is 15.6. The predicted molar refractivity (Wildman–Crippen MR) is 128 cm³/mol. The number of hydrogen-bond donors (Lipinski definition) is 2. The third kappa shape index (κ3) is 5.36. The largest absolute Gasteiger partial charge is 0.444 e. The predicted octanol–water partition coefficient (Wildman–Crippen LogP) is 4.38. The van der Waals surface area contributed by atoms with Crippen LogP contribution in [0.4, 0.5) is 11.4 Å². The maximum absolute atomic E-state index is 12.8. The zero-order valence-corrected chi connectivity index (χ0v) is 19.1. The molecule has 1 aliphatic heterocycles. The van der Waals surface area contributed by atoms with Crippen LogP contribution in [-0.2, 0) is 0 Å². The standard InChI is InChI=1S/C22H25N5O2.2ClH/c1-14-5-3-7-17(15(14)2)22-26-19(13-29-22)21(28)25-18-11-24-9-8-20(18)27-10-4-6-16(23)12-27;;/h3,5,7-9,11,13,16H,4,6,10,12,23H2,1-2H3,(H,25,28);2*1H/t16-;;/m0../s1. The third-order valence-electron chi connectivity index (χ3n) is 5.42. The van der Waals surface area contributed by atoms with E-state index in [1.165, 1.54) is 6.26 Å². The highest BCUT2D eigenvalue weighted by Crippen LogP contribution is 2.28. The molecule has 31 heavy (non-hydrogen) atoms. The van der Waals surface area contributed by atoms with Gasteiger partial charge < -0.3 is 20.4 Å². The summed E-state index contributed by atoms with van der Waals surface area (Å²) >= 11 is 0. The van der Waals surface area contributed by atoms with Gasteiger partial charge in [0.2, 0.25) is 5.89 Å². The molecule has 3 N–H and O–H groups in total. The number of oxazole rings is 1. The van der Waals surface area contributed by atoms with Crippen molar-refractivity contribution >= 4 is 42.1 Å². The Morgan fingerprint density at radius 2 is 2.06 bits per heavy atom. The monoisotopic (exact) mass is 463 g/mol. The fraction of sp³-hybridized carbons (Fsp3) is 0.318. The molecule has 0 aliphatic carbocycles. The molecule has 1 amide bonds. The minimum absolute atomic E-state index is 0. The van der Waals surface area contributed by atoms with Crippen LogP contribution in [0.5, 0.6) is 0 Å². The first-order valence-corrected chi connectivity index (χ1v) is 9.81. The van der Waals surface area contributed by atoms with E-state index in [0.29, 0.717) is 11.6 Å². The summed E-state index contributed by atoms with van der Waals surface area (Å²) in [5.41, 5.74) is 11.0. The number of aromatic nitrogens is 2. The SMILES string of the molecule is Cc1cccc(-c2nc(C(=O)Nc3cnccc3N3CCC[C@H](N)C3)co2)c1C.Cl.Cl. The molecule has 3 aromatic rings. The van der Waals surface area contributed by atoms with Crippen molar-refractivity contribution in [1.29, 1.82) is 0 Å².